The van der Waals surface area contributed by atoms with Crippen molar-refractivity contribution in [3.05, 3.63) is 23.8 Å². The number of carbonyl (C=O) groups excluding carboxylic acids is 1. The molecule has 1 aromatic rings. The smallest absolute Gasteiger partial charge is 0.306 e. The van der Waals surface area contributed by atoms with Gasteiger partial charge in [-0.05, 0) is 24.6 Å². The number of benzene rings is 1. The predicted octanol–water partition coefficient (Wildman–Crippen LogP) is 1.09. The molecule has 0 spiro atoms. The van der Waals surface area contributed by atoms with Gasteiger partial charge in [0.15, 0.2) is 0 Å². The summed E-state index contributed by atoms with van der Waals surface area (Å²) in [7, 11) is 0. The molecule has 0 aromatic heterocycles. The van der Waals surface area contributed by atoms with Crippen molar-refractivity contribution in [2.24, 2.45) is 0 Å². The molecule has 0 fully saturated rings. The second kappa shape index (κ2) is 4.89. The molecule has 1 heterocycles. The summed E-state index contributed by atoms with van der Waals surface area (Å²) in [4.78, 5) is 22.2. The molecule has 1 aliphatic rings. The molecule has 1 amide bonds. The van der Waals surface area contributed by atoms with Crippen LogP contribution in [-0.4, -0.2) is 28.7 Å². The molecule has 3 N–H and O–H groups in total. The van der Waals surface area contributed by atoms with Crippen molar-refractivity contribution in [1.82, 2.24) is 0 Å². The van der Waals surface area contributed by atoms with Gasteiger partial charge in [0.1, 0.15) is 5.75 Å². The molecule has 0 aliphatic carbocycles. The number of hydrogen-bond acceptors (Lipinski definition) is 4. The van der Waals surface area contributed by atoms with Gasteiger partial charge in [0.05, 0.1) is 30.7 Å². The van der Waals surface area contributed by atoms with Crippen molar-refractivity contribution in [1.29, 1.82) is 0 Å². The maximum Gasteiger partial charge on any atom is 0.306 e. The summed E-state index contributed by atoms with van der Waals surface area (Å²) >= 11 is 0. The summed E-state index contributed by atoms with van der Waals surface area (Å²) in [5.74, 6) is -0.755. The molecule has 6 heteroatoms. The van der Waals surface area contributed by atoms with E-state index in [1.807, 2.05) is 0 Å². The fraction of sp³-hybridized carbons (Fsp3) is 0.385. The van der Waals surface area contributed by atoms with Crippen LogP contribution in [0.5, 0.6) is 5.75 Å². The van der Waals surface area contributed by atoms with Crippen molar-refractivity contribution in [2.75, 3.05) is 11.9 Å². The Morgan fingerprint density at radius 1 is 1.53 bits per heavy atom. The van der Waals surface area contributed by atoms with E-state index < -0.39 is 18.0 Å². The summed E-state index contributed by atoms with van der Waals surface area (Å²) in [5.41, 5.74) is -0.636. The molecule has 1 aromatic carbocycles. The molecular formula is C13H15NO5. The summed E-state index contributed by atoms with van der Waals surface area (Å²) < 4.78 is 5.39. The fourth-order valence-corrected chi connectivity index (χ4v) is 1.95. The number of hydrogen-bond donors (Lipinski definition) is 3. The predicted molar refractivity (Wildman–Crippen MR) is 67.0 cm³/mol. The van der Waals surface area contributed by atoms with E-state index in [2.05, 4.69) is 5.32 Å². The number of amides is 1. The zero-order valence-corrected chi connectivity index (χ0v) is 10.5. The molecule has 0 radical (unpaired) electrons. The van der Waals surface area contributed by atoms with E-state index in [-0.39, 0.29) is 12.3 Å². The van der Waals surface area contributed by atoms with Crippen molar-refractivity contribution in [3.63, 3.8) is 0 Å². The number of carboxylic acid groups (broad SMARTS) is 1. The molecule has 0 saturated heterocycles. The number of fused-ring (bicyclic) bond motifs is 1. The Morgan fingerprint density at radius 3 is 2.95 bits per heavy atom. The van der Waals surface area contributed by atoms with E-state index in [1.54, 1.807) is 18.2 Å². The lowest BCUT2D eigenvalue weighted by Crippen LogP contribution is -2.25. The normalized spacial score (nSPS) is 17.5. The number of aliphatic carboxylic acids is 1. The van der Waals surface area contributed by atoms with E-state index in [4.69, 9.17) is 9.84 Å². The van der Waals surface area contributed by atoms with Gasteiger partial charge in [-0.1, -0.05) is 6.07 Å². The minimum Gasteiger partial charge on any atom is -0.491 e. The first-order valence-electron chi connectivity index (χ1n) is 5.90. The molecule has 0 saturated carbocycles. The Bertz CT molecular complexity index is 524. The SMILES string of the molecule is CC(O)(CC(=O)O)c1ccc2c(c1)NC(=O)CCO2. The molecule has 1 atom stereocenters. The standard InChI is InChI=1S/C13H15NO5/c1-13(18,7-12(16)17)8-2-3-10-9(6-8)14-11(15)4-5-19-10/h2-3,6,18H,4-5,7H2,1H3,(H,14,15)(H,16,17). The van der Waals surface area contributed by atoms with E-state index in [0.29, 0.717) is 23.6 Å². The molecule has 2 rings (SSSR count). The Morgan fingerprint density at radius 2 is 2.26 bits per heavy atom. The average molecular weight is 265 g/mol. The van der Waals surface area contributed by atoms with Crippen LogP contribution in [0.15, 0.2) is 18.2 Å². The van der Waals surface area contributed by atoms with Crippen molar-refractivity contribution in [2.45, 2.75) is 25.4 Å². The third-order valence-electron chi connectivity index (χ3n) is 2.96. The Labute approximate surface area is 110 Å². The fourth-order valence-electron chi connectivity index (χ4n) is 1.95. The van der Waals surface area contributed by atoms with Gasteiger partial charge in [-0.3, -0.25) is 9.59 Å². The van der Waals surface area contributed by atoms with E-state index >= 15 is 0 Å². The highest BCUT2D eigenvalue weighted by Gasteiger charge is 2.28. The van der Waals surface area contributed by atoms with Crippen LogP contribution in [0, 0.1) is 0 Å². The van der Waals surface area contributed by atoms with Crippen LogP contribution in [0.3, 0.4) is 0 Å². The largest absolute Gasteiger partial charge is 0.491 e. The van der Waals surface area contributed by atoms with Gasteiger partial charge in [-0.2, -0.15) is 0 Å². The first-order chi connectivity index (χ1) is 8.88. The van der Waals surface area contributed by atoms with Crippen LogP contribution in [0.4, 0.5) is 5.69 Å². The van der Waals surface area contributed by atoms with Crippen LogP contribution >= 0.6 is 0 Å². The van der Waals surface area contributed by atoms with Gasteiger partial charge < -0.3 is 20.3 Å². The average Bonchev–Trinajstić information content (AvgIpc) is 2.46. The number of nitrogens with one attached hydrogen (secondary N) is 1. The molecule has 6 nitrogen and oxygen atoms in total. The minimum absolute atomic E-state index is 0.172. The molecule has 1 unspecified atom stereocenters. The number of carbonyl (C=O) groups is 2. The third-order valence-corrected chi connectivity index (χ3v) is 2.96. The Hall–Kier alpha value is -2.08. The van der Waals surface area contributed by atoms with Crippen LogP contribution in [0.1, 0.15) is 25.3 Å². The quantitative estimate of drug-likeness (QED) is 0.760. The van der Waals surface area contributed by atoms with Gasteiger partial charge in [0.25, 0.3) is 0 Å². The number of anilines is 1. The maximum atomic E-state index is 11.4. The highest BCUT2D eigenvalue weighted by molar-refractivity contribution is 5.93. The van der Waals surface area contributed by atoms with Crippen molar-refractivity contribution in [3.8, 4) is 5.75 Å². The first kappa shape index (κ1) is 13.4. The lowest BCUT2D eigenvalue weighted by Gasteiger charge is -2.22. The number of rotatable bonds is 3. The van der Waals surface area contributed by atoms with Crippen LogP contribution in [0.2, 0.25) is 0 Å². The summed E-state index contributed by atoms with van der Waals surface area (Å²) in [6.45, 7) is 1.71. The maximum absolute atomic E-state index is 11.4. The van der Waals surface area contributed by atoms with E-state index in [9.17, 15) is 14.7 Å². The summed E-state index contributed by atoms with van der Waals surface area (Å²) in [5, 5.41) is 21.6. The number of carboxylic acids is 1. The van der Waals surface area contributed by atoms with E-state index in [1.165, 1.54) is 6.92 Å². The van der Waals surface area contributed by atoms with Crippen LogP contribution < -0.4 is 10.1 Å². The molecule has 0 bridgehead atoms. The minimum atomic E-state index is -1.50. The Balaban J connectivity index is 2.34. The van der Waals surface area contributed by atoms with Crippen molar-refractivity contribution < 1.29 is 24.5 Å². The van der Waals surface area contributed by atoms with Crippen LogP contribution in [-0.2, 0) is 15.2 Å². The van der Waals surface area contributed by atoms with Crippen molar-refractivity contribution >= 4 is 17.6 Å². The zero-order valence-electron chi connectivity index (χ0n) is 10.5. The lowest BCUT2D eigenvalue weighted by atomic mass is 9.92. The summed E-state index contributed by atoms with van der Waals surface area (Å²) in [6, 6.07) is 4.76. The van der Waals surface area contributed by atoms with Gasteiger partial charge in [0, 0.05) is 0 Å². The Kier molecular flexibility index (Phi) is 3.44. The van der Waals surface area contributed by atoms with E-state index in [0.717, 1.165) is 0 Å². The third kappa shape index (κ3) is 3.03. The second-order valence-corrected chi connectivity index (χ2v) is 4.70. The zero-order chi connectivity index (χ0) is 14.0. The second-order valence-electron chi connectivity index (χ2n) is 4.70. The number of aliphatic hydroxyl groups is 1. The topological polar surface area (TPSA) is 95.9 Å². The monoisotopic (exact) mass is 265 g/mol. The highest BCUT2D eigenvalue weighted by atomic mass is 16.5. The van der Waals surface area contributed by atoms with Gasteiger partial charge >= 0.3 is 5.97 Å². The van der Waals surface area contributed by atoms with Gasteiger partial charge in [0.2, 0.25) is 5.91 Å². The lowest BCUT2D eigenvalue weighted by molar-refractivity contribution is -0.142. The first-order valence-corrected chi connectivity index (χ1v) is 5.90. The molecule has 102 valence electrons. The molecule has 19 heavy (non-hydrogen) atoms. The molecular weight excluding hydrogens is 250 g/mol. The highest BCUT2D eigenvalue weighted by Crippen LogP contribution is 2.33. The van der Waals surface area contributed by atoms with Crippen LogP contribution in [0.25, 0.3) is 0 Å². The van der Waals surface area contributed by atoms with Gasteiger partial charge in [-0.25, -0.2) is 0 Å². The molecule has 1 aliphatic heterocycles. The summed E-state index contributed by atoms with van der Waals surface area (Å²) in [6.07, 6.45) is -0.157. The number of ether oxygens (including phenoxy) is 1. The van der Waals surface area contributed by atoms with Gasteiger partial charge in [-0.15, -0.1) is 0 Å².